The number of H-pyrrole nitrogens is 2. The SMILES string of the molecule is O=C(Nc1cncc(-c2cnc3[nH]nc(-c4cc5c(-c6cccc(F)c6)nccc5[nH]4)c3c2)c1)C1CC1. The number of benzene rings is 1. The maximum Gasteiger partial charge on any atom is 0.227 e. The normalized spacial score (nSPS) is 13.3. The topological polar surface area (TPSA) is 112 Å². The van der Waals surface area contributed by atoms with Crippen molar-refractivity contribution >= 4 is 33.5 Å². The van der Waals surface area contributed by atoms with Crippen LogP contribution in [0.15, 0.2) is 73.3 Å². The summed E-state index contributed by atoms with van der Waals surface area (Å²) in [5.41, 5.74) is 6.75. The van der Waals surface area contributed by atoms with Gasteiger partial charge in [-0.15, -0.1) is 0 Å². The van der Waals surface area contributed by atoms with E-state index in [0.29, 0.717) is 28.3 Å². The number of hydrogen-bond acceptors (Lipinski definition) is 5. The Kier molecular flexibility index (Phi) is 4.81. The van der Waals surface area contributed by atoms with E-state index in [4.69, 9.17) is 0 Å². The van der Waals surface area contributed by atoms with Gasteiger partial charge in [-0.1, -0.05) is 12.1 Å². The summed E-state index contributed by atoms with van der Waals surface area (Å²) in [5, 5.41) is 12.2. The van der Waals surface area contributed by atoms with Crippen LogP contribution in [0.3, 0.4) is 0 Å². The fourth-order valence-corrected chi connectivity index (χ4v) is 4.57. The van der Waals surface area contributed by atoms with Gasteiger partial charge in [0.15, 0.2) is 5.65 Å². The number of aromatic amines is 2. The predicted octanol–water partition coefficient (Wildman–Crippen LogP) is 5.72. The van der Waals surface area contributed by atoms with E-state index in [1.165, 1.54) is 12.1 Å². The molecule has 3 N–H and O–H groups in total. The molecule has 0 saturated heterocycles. The van der Waals surface area contributed by atoms with Gasteiger partial charge in [0.05, 0.1) is 23.3 Å². The molecule has 5 aromatic heterocycles. The number of hydrogen-bond donors (Lipinski definition) is 3. The van der Waals surface area contributed by atoms with E-state index in [9.17, 15) is 9.18 Å². The predicted molar refractivity (Wildman–Crippen MR) is 139 cm³/mol. The number of halogens is 1. The lowest BCUT2D eigenvalue weighted by atomic mass is 10.1. The van der Waals surface area contributed by atoms with Crippen LogP contribution in [-0.4, -0.2) is 36.0 Å². The van der Waals surface area contributed by atoms with Crippen molar-refractivity contribution in [2.45, 2.75) is 12.8 Å². The lowest BCUT2D eigenvalue weighted by Gasteiger charge is -2.07. The summed E-state index contributed by atoms with van der Waals surface area (Å²) >= 11 is 0. The van der Waals surface area contributed by atoms with E-state index in [1.807, 2.05) is 30.3 Å². The molecule has 0 atom stereocenters. The summed E-state index contributed by atoms with van der Waals surface area (Å²) in [5.74, 6) is -0.159. The fourth-order valence-electron chi connectivity index (χ4n) is 4.57. The van der Waals surface area contributed by atoms with Crippen LogP contribution in [0.25, 0.3) is 55.7 Å². The Labute approximate surface area is 210 Å². The molecule has 0 bridgehead atoms. The van der Waals surface area contributed by atoms with Gasteiger partial charge < -0.3 is 10.3 Å². The first-order valence-electron chi connectivity index (χ1n) is 12.0. The van der Waals surface area contributed by atoms with Crippen LogP contribution in [0.2, 0.25) is 0 Å². The van der Waals surface area contributed by atoms with E-state index in [2.05, 4.69) is 35.5 Å². The highest BCUT2D eigenvalue weighted by molar-refractivity contribution is 6.00. The molecule has 5 heterocycles. The smallest absolute Gasteiger partial charge is 0.227 e. The van der Waals surface area contributed by atoms with Gasteiger partial charge in [0.2, 0.25) is 5.91 Å². The van der Waals surface area contributed by atoms with Crippen molar-refractivity contribution < 1.29 is 9.18 Å². The van der Waals surface area contributed by atoms with Crippen LogP contribution < -0.4 is 5.32 Å². The summed E-state index contributed by atoms with van der Waals surface area (Å²) in [7, 11) is 0. The Bertz CT molecular complexity index is 1820. The molecule has 0 spiro atoms. The van der Waals surface area contributed by atoms with Crippen LogP contribution in [0, 0.1) is 11.7 Å². The number of rotatable bonds is 5. The molecule has 8 nitrogen and oxygen atoms in total. The molecule has 1 fully saturated rings. The maximum absolute atomic E-state index is 13.9. The van der Waals surface area contributed by atoms with Crippen molar-refractivity contribution in [3.8, 4) is 33.8 Å². The summed E-state index contributed by atoms with van der Waals surface area (Å²) < 4.78 is 13.9. The molecule has 1 aromatic carbocycles. The minimum atomic E-state index is -0.311. The Morgan fingerprint density at radius 2 is 1.81 bits per heavy atom. The van der Waals surface area contributed by atoms with E-state index in [1.54, 1.807) is 30.9 Å². The molecule has 0 radical (unpaired) electrons. The molecule has 1 saturated carbocycles. The Hall–Kier alpha value is -4.92. The molecule has 180 valence electrons. The third-order valence-corrected chi connectivity index (χ3v) is 6.60. The highest BCUT2D eigenvalue weighted by atomic mass is 19.1. The van der Waals surface area contributed by atoms with Gasteiger partial charge in [0, 0.05) is 57.5 Å². The second-order valence-electron chi connectivity index (χ2n) is 9.23. The number of amides is 1. The molecule has 6 aromatic rings. The van der Waals surface area contributed by atoms with Gasteiger partial charge in [-0.2, -0.15) is 5.10 Å². The number of carbonyl (C=O) groups excluding carboxylic acids is 1. The number of anilines is 1. The highest BCUT2D eigenvalue weighted by Crippen LogP contribution is 2.34. The number of nitrogens with one attached hydrogen (secondary N) is 3. The van der Waals surface area contributed by atoms with Crippen molar-refractivity contribution in [2.75, 3.05) is 5.32 Å². The average Bonchev–Trinajstić information content (AvgIpc) is 3.55. The van der Waals surface area contributed by atoms with E-state index in [0.717, 1.165) is 46.0 Å². The van der Waals surface area contributed by atoms with Gasteiger partial charge in [-0.3, -0.25) is 19.9 Å². The molecule has 9 heteroatoms. The standard InChI is InChI=1S/C28H20FN7O/c29-19-3-1-2-16(8-19)25-21-11-24(34-23(21)6-7-31-25)26-22-10-18(13-32-27(22)36-35-26)17-9-20(14-30-12-17)33-28(37)15-4-5-15/h1-3,6-15,34H,4-5H2,(H,33,37)(H,32,35,36). The highest BCUT2D eigenvalue weighted by Gasteiger charge is 2.29. The summed E-state index contributed by atoms with van der Waals surface area (Å²) in [6.45, 7) is 0. The van der Waals surface area contributed by atoms with E-state index >= 15 is 0 Å². The van der Waals surface area contributed by atoms with Gasteiger partial charge in [0.25, 0.3) is 0 Å². The lowest BCUT2D eigenvalue weighted by molar-refractivity contribution is -0.117. The molecule has 1 aliphatic carbocycles. The Morgan fingerprint density at radius 1 is 0.919 bits per heavy atom. The molecule has 0 unspecified atom stereocenters. The molecular formula is C28H20FN7O. The van der Waals surface area contributed by atoms with E-state index in [-0.39, 0.29) is 17.6 Å². The number of carbonyl (C=O) groups is 1. The summed E-state index contributed by atoms with van der Waals surface area (Å²) in [6, 6.07) is 14.2. The number of pyridine rings is 3. The molecule has 1 amide bonds. The first kappa shape index (κ1) is 21.4. The average molecular weight is 490 g/mol. The monoisotopic (exact) mass is 489 g/mol. The zero-order chi connectivity index (χ0) is 24.9. The molecular weight excluding hydrogens is 469 g/mol. The third kappa shape index (κ3) is 3.90. The van der Waals surface area contributed by atoms with Crippen molar-refractivity contribution in [2.24, 2.45) is 5.92 Å². The van der Waals surface area contributed by atoms with Crippen molar-refractivity contribution in [1.82, 2.24) is 30.1 Å². The molecule has 7 rings (SSSR count). The van der Waals surface area contributed by atoms with Crippen LogP contribution >= 0.6 is 0 Å². The quantitative estimate of drug-likeness (QED) is 0.287. The van der Waals surface area contributed by atoms with Crippen LogP contribution in [0.1, 0.15) is 12.8 Å². The van der Waals surface area contributed by atoms with Crippen LogP contribution in [0.4, 0.5) is 10.1 Å². The first-order chi connectivity index (χ1) is 18.1. The molecule has 37 heavy (non-hydrogen) atoms. The second-order valence-corrected chi connectivity index (χ2v) is 9.23. The van der Waals surface area contributed by atoms with E-state index < -0.39 is 0 Å². The van der Waals surface area contributed by atoms with Gasteiger partial charge in [-0.05, 0) is 49.2 Å². The molecule has 0 aliphatic heterocycles. The van der Waals surface area contributed by atoms with Gasteiger partial charge in [-0.25, -0.2) is 9.37 Å². The van der Waals surface area contributed by atoms with Crippen molar-refractivity contribution in [3.63, 3.8) is 0 Å². The summed E-state index contributed by atoms with van der Waals surface area (Å²) in [6.07, 6.45) is 8.73. The Morgan fingerprint density at radius 3 is 2.68 bits per heavy atom. The van der Waals surface area contributed by atoms with Crippen LogP contribution in [0.5, 0.6) is 0 Å². The van der Waals surface area contributed by atoms with Gasteiger partial charge >= 0.3 is 0 Å². The maximum atomic E-state index is 13.9. The lowest BCUT2D eigenvalue weighted by Crippen LogP contribution is -2.13. The molecule has 1 aliphatic rings. The number of aromatic nitrogens is 6. The third-order valence-electron chi connectivity index (χ3n) is 6.60. The zero-order valence-electron chi connectivity index (χ0n) is 19.5. The van der Waals surface area contributed by atoms with Crippen molar-refractivity contribution in [1.29, 1.82) is 0 Å². The second kappa shape index (κ2) is 8.34. The van der Waals surface area contributed by atoms with Crippen LogP contribution in [-0.2, 0) is 4.79 Å². The van der Waals surface area contributed by atoms with Gasteiger partial charge in [0.1, 0.15) is 11.5 Å². The summed E-state index contributed by atoms with van der Waals surface area (Å²) in [4.78, 5) is 29.0. The minimum absolute atomic E-state index is 0.0376. The minimum Gasteiger partial charge on any atom is -0.353 e. The van der Waals surface area contributed by atoms with Crippen molar-refractivity contribution in [3.05, 3.63) is 79.1 Å². The number of nitrogens with zero attached hydrogens (tertiary/aromatic N) is 4. The first-order valence-corrected chi connectivity index (χ1v) is 12.0. The Balaban J connectivity index is 1.28. The fraction of sp³-hybridized carbons (Fsp3) is 0.107. The largest absolute Gasteiger partial charge is 0.353 e. The zero-order valence-corrected chi connectivity index (χ0v) is 19.5. The number of fused-ring (bicyclic) bond motifs is 2.